The highest BCUT2D eigenvalue weighted by atomic mass is 32.2. The second-order valence-corrected chi connectivity index (χ2v) is 8.79. The molecule has 0 spiro atoms. The Morgan fingerprint density at radius 3 is 2.39 bits per heavy atom. The SMILES string of the molecule is CCCCN=C1S/C(=C\c2ccc(OCc3ccc(C)cc3)cc2)C(=O)N1CCCC. The van der Waals surface area contributed by atoms with Crippen LogP contribution in [0.3, 0.4) is 0 Å². The highest BCUT2D eigenvalue weighted by Crippen LogP contribution is 2.33. The van der Waals surface area contributed by atoms with Crippen molar-refractivity contribution in [2.24, 2.45) is 4.99 Å². The van der Waals surface area contributed by atoms with Crippen molar-refractivity contribution in [1.29, 1.82) is 0 Å². The number of aliphatic imine (C=N–C) groups is 1. The molecule has 1 saturated heterocycles. The van der Waals surface area contributed by atoms with E-state index in [1.807, 2.05) is 35.2 Å². The van der Waals surface area contributed by atoms with Crippen LogP contribution in [0.4, 0.5) is 0 Å². The summed E-state index contributed by atoms with van der Waals surface area (Å²) in [5, 5.41) is 0.844. The van der Waals surface area contributed by atoms with Crippen LogP contribution in [-0.4, -0.2) is 29.1 Å². The second-order valence-electron chi connectivity index (χ2n) is 7.78. The Kier molecular flexibility index (Phi) is 8.77. The van der Waals surface area contributed by atoms with E-state index in [1.54, 1.807) is 0 Å². The minimum atomic E-state index is 0.0633. The molecule has 1 aliphatic rings. The molecular weight excluding hydrogens is 404 g/mol. The third kappa shape index (κ3) is 6.73. The quantitative estimate of drug-likeness (QED) is 0.318. The van der Waals surface area contributed by atoms with Crippen molar-refractivity contribution in [2.75, 3.05) is 13.1 Å². The average Bonchev–Trinajstić information content (AvgIpc) is 3.07. The molecule has 1 aliphatic heterocycles. The zero-order chi connectivity index (χ0) is 22.1. The monoisotopic (exact) mass is 436 g/mol. The van der Waals surface area contributed by atoms with E-state index in [9.17, 15) is 4.79 Å². The molecule has 1 fully saturated rings. The fraction of sp³-hybridized carbons (Fsp3) is 0.385. The van der Waals surface area contributed by atoms with Crippen molar-refractivity contribution < 1.29 is 9.53 Å². The van der Waals surface area contributed by atoms with Gasteiger partial charge < -0.3 is 4.74 Å². The molecule has 0 aromatic heterocycles. The van der Waals surface area contributed by atoms with Gasteiger partial charge >= 0.3 is 0 Å². The molecule has 1 heterocycles. The van der Waals surface area contributed by atoms with Crippen LogP contribution in [0.5, 0.6) is 5.75 Å². The normalized spacial score (nSPS) is 16.5. The maximum Gasteiger partial charge on any atom is 0.266 e. The first kappa shape index (κ1) is 23.1. The van der Waals surface area contributed by atoms with Gasteiger partial charge in [0.25, 0.3) is 5.91 Å². The smallest absolute Gasteiger partial charge is 0.266 e. The summed E-state index contributed by atoms with van der Waals surface area (Å²) >= 11 is 1.49. The van der Waals surface area contributed by atoms with Crippen molar-refractivity contribution in [1.82, 2.24) is 4.90 Å². The van der Waals surface area contributed by atoms with Crippen LogP contribution in [0, 0.1) is 6.92 Å². The van der Waals surface area contributed by atoms with Crippen LogP contribution < -0.4 is 4.74 Å². The standard InChI is InChI=1S/C26H32N2O2S/c1-4-6-16-27-26-28(17-7-5-2)25(29)24(31-26)18-21-12-14-23(15-13-21)30-19-22-10-8-20(3)9-11-22/h8-15,18H,4-7,16-17,19H2,1-3H3/b24-18-,27-26?. The van der Waals surface area contributed by atoms with Crippen molar-refractivity contribution in [3.63, 3.8) is 0 Å². The number of hydrogen-bond acceptors (Lipinski definition) is 4. The fourth-order valence-corrected chi connectivity index (χ4v) is 4.16. The molecule has 0 saturated carbocycles. The van der Waals surface area contributed by atoms with Crippen LogP contribution in [0.2, 0.25) is 0 Å². The second kappa shape index (κ2) is 11.8. The van der Waals surface area contributed by atoms with Crippen molar-refractivity contribution in [3.8, 4) is 5.75 Å². The lowest BCUT2D eigenvalue weighted by atomic mass is 10.1. The number of ether oxygens (including phenoxy) is 1. The molecule has 31 heavy (non-hydrogen) atoms. The first-order valence-electron chi connectivity index (χ1n) is 11.1. The van der Waals surface area contributed by atoms with E-state index in [0.29, 0.717) is 6.61 Å². The molecule has 5 heteroatoms. The Hall–Kier alpha value is -2.53. The van der Waals surface area contributed by atoms with Crippen molar-refractivity contribution >= 4 is 28.9 Å². The van der Waals surface area contributed by atoms with Crippen LogP contribution in [0.15, 0.2) is 58.4 Å². The largest absolute Gasteiger partial charge is 0.489 e. The maximum absolute atomic E-state index is 12.9. The zero-order valence-electron chi connectivity index (χ0n) is 18.8. The van der Waals surface area contributed by atoms with Gasteiger partial charge in [0.1, 0.15) is 12.4 Å². The van der Waals surface area contributed by atoms with E-state index in [2.05, 4.69) is 50.0 Å². The summed E-state index contributed by atoms with van der Waals surface area (Å²) < 4.78 is 5.89. The van der Waals surface area contributed by atoms with Gasteiger partial charge in [0, 0.05) is 13.1 Å². The van der Waals surface area contributed by atoms with Gasteiger partial charge in [0.05, 0.1) is 4.91 Å². The number of thioether (sulfide) groups is 1. The van der Waals surface area contributed by atoms with Gasteiger partial charge in [-0.15, -0.1) is 0 Å². The van der Waals surface area contributed by atoms with Gasteiger partial charge in [-0.05, 0) is 60.9 Å². The molecule has 2 aromatic carbocycles. The Bertz CT molecular complexity index is 917. The Morgan fingerprint density at radius 1 is 1.00 bits per heavy atom. The number of rotatable bonds is 10. The number of aryl methyl sites for hydroxylation is 1. The molecule has 0 bridgehead atoms. The van der Waals surface area contributed by atoms with Gasteiger partial charge in [-0.25, -0.2) is 0 Å². The summed E-state index contributed by atoms with van der Waals surface area (Å²) in [7, 11) is 0. The van der Waals surface area contributed by atoms with E-state index in [0.717, 1.165) is 65.7 Å². The van der Waals surface area contributed by atoms with Gasteiger partial charge in [-0.3, -0.25) is 14.7 Å². The number of amides is 1. The first-order valence-corrected chi connectivity index (χ1v) is 12.0. The fourth-order valence-electron chi connectivity index (χ4n) is 3.13. The third-order valence-corrected chi connectivity index (χ3v) is 6.13. The highest BCUT2D eigenvalue weighted by molar-refractivity contribution is 8.18. The number of carbonyl (C=O) groups is 1. The van der Waals surface area contributed by atoms with Crippen LogP contribution in [-0.2, 0) is 11.4 Å². The van der Waals surface area contributed by atoms with Gasteiger partial charge in [0.2, 0.25) is 0 Å². The number of unbranched alkanes of at least 4 members (excludes halogenated alkanes) is 2. The van der Waals surface area contributed by atoms with Crippen molar-refractivity contribution in [2.45, 2.75) is 53.1 Å². The number of amidine groups is 1. The molecule has 2 aromatic rings. The lowest BCUT2D eigenvalue weighted by Crippen LogP contribution is -2.30. The van der Waals surface area contributed by atoms with E-state index in [4.69, 9.17) is 4.74 Å². The summed E-state index contributed by atoms with van der Waals surface area (Å²) in [5.74, 6) is 0.882. The highest BCUT2D eigenvalue weighted by Gasteiger charge is 2.32. The maximum atomic E-state index is 12.9. The molecule has 0 atom stereocenters. The van der Waals surface area contributed by atoms with Crippen LogP contribution >= 0.6 is 11.8 Å². The summed E-state index contributed by atoms with van der Waals surface area (Å²) in [6, 6.07) is 16.2. The van der Waals surface area contributed by atoms with Crippen molar-refractivity contribution in [3.05, 3.63) is 70.1 Å². The predicted octanol–water partition coefficient (Wildman–Crippen LogP) is 6.45. The minimum absolute atomic E-state index is 0.0633. The number of nitrogens with zero attached hydrogens (tertiary/aromatic N) is 2. The molecule has 164 valence electrons. The lowest BCUT2D eigenvalue weighted by Gasteiger charge is -2.14. The van der Waals surface area contributed by atoms with E-state index in [-0.39, 0.29) is 5.91 Å². The number of benzene rings is 2. The summed E-state index contributed by atoms with van der Waals surface area (Å²) in [5.41, 5.74) is 3.38. The molecule has 4 nitrogen and oxygen atoms in total. The molecule has 0 radical (unpaired) electrons. The Balaban J connectivity index is 1.66. The summed E-state index contributed by atoms with van der Waals surface area (Å²) in [6.45, 7) is 8.42. The van der Waals surface area contributed by atoms with Gasteiger partial charge in [0.15, 0.2) is 5.17 Å². The van der Waals surface area contributed by atoms with E-state index in [1.165, 1.54) is 17.3 Å². The molecule has 0 aliphatic carbocycles. The van der Waals surface area contributed by atoms with Crippen LogP contribution in [0.1, 0.15) is 56.2 Å². The van der Waals surface area contributed by atoms with Crippen LogP contribution in [0.25, 0.3) is 6.08 Å². The van der Waals surface area contributed by atoms with E-state index < -0.39 is 0 Å². The molecule has 1 amide bonds. The minimum Gasteiger partial charge on any atom is -0.489 e. The Labute approximate surface area is 190 Å². The lowest BCUT2D eigenvalue weighted by molar-refractivity contribution is -0.122. The first-order chi connectivity index (χ1) is 15.1. The average molecular weight is 437 g/mol. The number of hydrogen-bond donors (Lipinski definition) is 0. The predicted molar refractivity (Wildman–Crippen MR) is 131 cm³/mol. The van der Waals surface area contributed by atoms with Gasteiger partial charge in [-0.2, -0.15) is 0 Å². The third-order valence-electron chi connectivity index (χ3n) is 5.09. The number of carbonyl (C=O) groups excluding carboxylic acids is 1. The summed E-state index contributed by atoms with van der Waals surface area (Å²) in [6.07, 6.45) is 6.14. The molecule has 0 N–H and O–H groups in total. The summed E-state index contributed by atoms with van der Waals surface area (Å²) in [4.78, 5) is 20.2. The molecular formula is C26H32N2O2S. The van der Waals surface area contributed by atoms with Gasteiger partial charge in [-0.1, -0.05) is 68.7 Å². The molecule has 3 rings (SSSR count). The topological polar surface area (TPSA) is 41.9 Å². The Morgan fingerprint density at radius 2 is 1.71 bits per heavy atom. The molecule has 0 unspecified atom stereocenters. The van der Waals surface area contributed by atoms with E-state index >= 15 is 0 Å². The zero-order valence-corrected chi connectivity index (χ0v) is 19.6.